The maximum atomic E-state index is 9.07. The third kappa shape index (κ3) is 5.81. The van der Waals surface area contributed by atoms with Gasteiger partial charge in [-0.1, -0.05) is 30.0 Å². The molecule has 8 heteroatoms. The predicted molar refractivity (Wildman–Crippen MR) is 129 cm³/mol. The number of aromatic amines is 1. The molecule has 0 aliphatic rings. The lowest BCUT2D eigenvalue weighted by atomic mass is 10.1. The van der Waals surface area contributed by atoms with Crippen molar-refractivity contribution >= 4 is 29.2 Å². The molecule has 2 aromatic heterocycles. The number of ether oxygens (including phenoxy) is 1. The van der Waals surface area contributed by atoms with Gasteiger partial charge in [-0.15, -0.1) is 0 Å². The van der Waals surface area contributed by atoms with Crippen molar-refractivity contribution in [1.29, 1.82) is 0 Å². The maximum Gasteiger partial charge on any atom is 0.153 e. The summed E-state index contributed by atoms with van der Waals surface area (Å²) in [4.78, 5) is 6.85. The number of anilines is 3. The van der Waals surface area contributed by atoms with Crippen LogP contribution in [0.2, 0.25) is 0 Å². The van der Waals surface area contributed by atoms with Crippen LogP contribution in [-0.4, -0.2) is 40.5 Å². The number of nitrogens with one attached hydrogen (secondary N) is 3. The quantitative estimate of drug-likeness (QED) is 0.249. The fraction of sp³-hybridized carbons (Fsp3) is 0.167. The van der Waals surface area contributed by atoms with E-state index in [1.807, 2.05) is 60.7 Å². The Labute approximate surface area is 191 Å². The van der Waals surface area contributed by atoms with Crippen LogP contribution in [0, 0.1) is 0 Å². The van der Waals surface area contributed by atoms with Gasteiger partial charge < -0.3 is 20.5 Å². The molecule has 0 bridgehead atoms. The predicted octanol–water partition coefficient (Wildman–Crippen LogP) is 5.17. The molecule has 0 unspecified atom stereocenters. The summed E-state index contributed by atoms with van der Waals surface area (Å²) in [6.45, 7) is 0.782. The summed E-state index contributed by atoms with van der Waals surface area (Å²) in [6, 6.07) is 23.9. The fourth-order valence-corrected chi connectivity index (χ4v) is 3.98. The number of hydrogen-bond acceptors (Lipinski definition) is 7. The van der Waals surface area contributed by atoms with Crippen LogP contribution in [0.5, 0.6) is 5.75 Å². The lowest BCUT2D eigenvalue weighted by Gasteiger charge is -2.11. The number of benzene rings is 2. The lowest BCUT2D eigenvalue weighted by molar-refractivity contribution is 0.292. The van der Waals surface area contributed by atoms with E-state index in [9.17, 15) is 0 Å². The first-order valence-electron chi connectivity index (χ1n) is 10.3. The number of pyridine rings is 1. The number of H-pyrrole nitrogens is 1. The van der Waals surface area contributed by atoms with Crippen molar-refractivity contribution in [2.45, 2.75) is 16.2 Å². The van der Waals surface area contributed by atoms with Gasteiger partial charge in [0.25, 0.3) is 0 Å². The van der Waals surface area contributed by atoms with Crippen LogP contribution >= 0.6 is 11.8 Å². The molecule has 0 atom stereocenters. The number of rotatable bonds is 10. The monoisotopic (exact) mass is 447 g/mol. The molecular weight excluding hydrogens is 422 g/mol. The molecular formula is C24H25N5O2S. The van der Waals surface area contributed by atoms with E-state index in [1.165, 1.54) is 0 Å². The summed E-state index contributed by atoms with van der Waals surface area (Å²) in [6.07, 6.45) is 0.658. The van der Waals surface area contributed by atoms with E-state index in [-0.39, 0.29) is 6.61 Å². The Morgan fingerprint density at radius 2 is 1.72 bits per heavy atom. The Morgan fingerprint density at radius 1 is 0.938 bits per heavy atom. The SMILES string of the molecule is COc1ccc(-c2cc(Nc3cc(Sc4ccccc4)cc(NCCCO)n3)n[nH]2)cc1. The van der Waals surface area contributed by atoms with Crippen LogP contribution in [0.15, 0.2) is 82.6 Å². The molecule has 2 heterocycles. The normalized spacial score (nSPS) is 10.7. The van der Waals surface area contributed by atoms with Gasteiger partial charge in [-0.05, 0) is 60.5 Å². The molecule has 0 fully saturated rings. The standard InChI is InChI=1S/C24H25N5O2S/c1-31-18-10-8-17(9-11-18)21-16-24(29-28-21)27-23-15-20(32-19-6-3-2-4-7-19)14-22(26-23)25-12-5-13-30/h2-4,6-11,14-16,30H,5,12-13H2,1H3,(H3,25,26,27,28,29). The average Bonchev–Trinajstić information content (AvgIpc) is 3.28. The first-order valence-corrected chi connectivity index (χ1v) is 11.1. The molecule has 0 aliphatic carbocycles. The van der Waals surface area contributed by atoms with E-state index < -0.39 is 0 Å². The first kappa shape index (κ1) is 21.7. The van der Waals surface area contributed by atoms with Gasteiger partial charge in [0.05, 0.1) is 12.8 Å². The minimum atomic E-state index is 0.137. The zero-order chi connectivity index (χ0) is 22.2. The van der Waals surface area contributed by atoms with Crippen LogP contribution in [0.4, 0.5) is 17.5 Å². The fourth-order valence-electron chi connectivity index (χ4n) is 3.07. The topological polar surface area (TPSA) is 95.1 Å². The zero-order valence-electron chi connectivity index (χ0n) is 17.7. The number of aromatic nitrogens is 3. The van der Waals surface area contributed by atoms with Crippen LogP contribution in [0.25, 0.3) is 11.3 Å². The van der Waals surface area contributed by atoms with Crippen molar-refractivity contribution in [3.63, 3.8) is 0 Å². The largest absolute Gasteiger partial charge is 0.497 e. The molecule has 0 spiro atoms. The molecule has 4 aromatic rings. The minimum Gasteiger partial charge on any atom is -0.497 e. The highest BCUT2D eigenvalue weighted by molar-refractivity contribution is 7.99. The number of methoxy groups -OCH3 is 1. The number of nitrogens with zero attached hydrogens (tertiary/aromatic N) is 2. The summed E-state index contributed by atoms with van der Waals surface area (Å²) in [5.41, 5.74) is 1.91. The first-order chi connectivity index (χ1) is 15.7. The Kier molecular flexibility index (Phi) is 7.27. The molecule has 0 aliphatic heterocycles. The molecule has 7 nitrogen and oxygen atoms in total. The van der Waals surface area contributed by atoms with Crippen molar-refractivity contribution in [2.75, 3.05) is 30.9 Å². The Hall–Kier alpha value is -3.49. The van der Waals surface area contributed by atoms with E-state index in [4.69, 9.17) is 9.84 Å². The second-order valence-electron chi connectivity index (χ2n) is 7.01. The second-order valence-corrected chi connectivity index (χ2v) is 8.16. The van der Waals surface area contributed by atoms with E-state index in [0.717, 1.165) is 32.6 Å². The second kappa shape index (κ2) is 10.7. The summed E-state index contributed by atoms with van der Waals surface area (Å²) < 4.78 is 5.22. The summed E-state index contributed by atoms with van der Waals surface area (Å²) in [5.74, 6) is 2.91. The van der Waals surface area contributed by atoms with Crippen molar-refractivity contribution < 1.29 is 9.84 Å². The summed E-state index contributed by atoms with van der Waals surface area (Å²) in [7, 11) is 1.65. The number of hydrogen-bond donors (Lipinski definition) is 4. The molecule has 32 heavy (non-hydrogen) atoms. The maximum absolute atomic E-state index is 9.07. The summed E-state index contributed by atoms with van der Waals surface area (Å²) >= 11 is 1.66. The van der Waals surface area contributed by atoms with Crippen LogP contribution < -0.4 is 15.4 Å². The molecule has 0 amide bonds. The molecule has 2 aromatic carbocycles. The van der Waals surface area contributed by atoms with E-state index >= 15 is 0 Å². The van der Waals surface area contributed by atoms with Gasteiger partial charge in [-0.2, -0.15) is 5.10 Å². The molecule has 4 N–H and O–H groups in total. The van der Waals surface area contributed by atoms with Gasteiger partial charge in [0.1, 0.15) is 17.4 Å². The number of aliphatic hydroxyl groups is 1. The van der Waals surface area contributed by atoms with Crippen LogP contribution in [0.1, 0.15) is 6.42 Å². The van der Waals surface area contributed by atoms with Gasteiger partial charge in [-0.3, -0.25) is 5.10 Å². The van der Waals surface area contributed by atoms with E-state index in [0.29, 0.717) is 24.6 Å². The Bertz CT molecular complexity index is 1130. The third-order valence-corrected chi connectivity index (χ3v) is 5.63. The highest BCUT2D eigenvalue weighted by atomic mass is 32.2. The molecule has 4 rings (SSSR count). The average molecular weight is 448 g/mol. The van der Waals surface area contributed by atoms with Crippen molar-refractivity contribution in [3.8, 4) is 17.0 Å². The highest BCUT2D eigenvalue weighted by Gasteiger charge is 2.09. The van der Waals surface area contributed by atoms with Gasteiger partial charge in [-0.25, -0.2) is 4.98 Å². The molecule has 164 valence electrons. The van der Waals surface area contributed by atoms with Crippen molar-refractivity contribution in [2.24, 2.45) is 0 Å². The minimum absolute atomic E-state index is 0.137. The molecule has 0 saturated carbocycles. The lowest BCUT2D eigenvalue weighted by Crippen LogP contribution is -2.06. The van der Waals surface area contributed by atoms with Gasteiger partial charge in [0.15, 0.2) is 5.82 Å². The van der Waals surface area contributed by atoms with E-state index in [2.05, 4.69) is 37.9 Å². The third-order valence-electron chi connectivity index (χ3n) is 4.65. The molecule has 0 radical (unpaired) electrons. The van der Waals surface area contributed by atoms with E-state index in [1.54, 1.807) is 18.9 Å². The van der Waals surface area contributed by atoms with Crippen molar-refractivity contribution in [3.05, 3.63) is 72.8 Å². The van der Waals surface area contributed by atoms with Gasteiger partial charge in [0.2, 0.25) is 0 Å². The molecule has 0 saturated heterocycles. The Balaban J connectivity index is 1.54. The highest BCUT2D eigenvalue weighted by Crippen LogP contribution is 2.32. The summed E-state index contributed by atoms with van der Waals surface area (Å²) in [5, 5.41) is 23.1. The van der Waals surface area contributed by atoms with Gasteiger partial charge >= 0.3 is 0 Å². The van der Waals surface area contributed by atoms with Crippen LogP contribution in [0.3, 0.4) is 0 Å². The Morgan fingerprint density at radius 3 is 2.47 bits per heavy atom. The van der Waals surface area contributed by atoms with Gasteiger partial charge in [0, 0.05) is 29.0 Å². The zero-order valence-corrected chi connectivity index (χ0v) is 18.5. The van der Waals surface area contributed by atoms with Crippen LogP contribution in [-0.2, 0) is 0 Å². The number of aliphatic hydroxyl groups excluding tert-OH is 1. The smallest absolute Gasteiger partial charge is 0.153 e. The van der Waals surface area contributed by atoms with Crippen molar-refractivity contribution in [1.82, 2.24) is 15.2 Å².